The van der Waals surface area contributed by atoms with Crippen LogP contribution in [0.15, 0.2) is 35.3 Å². The highest BCUT2D eigenvalue weighted by molar-refractivity contribution is 7.90. The lowest BCUT2D eigenvalue weighted by molar-refractivity contribution is 0.0870. The van der Waals surface area contributed by atoms with Crippen molar-refractivity contribution in [2.45, 2.75) is 25.4 Å². The number of H-pyrrole nitrogens is 1. The predicted molar refractivity (Wildman–Crippen MR) is 108 cm³/mol. The van der Waals surface area contributed by atoms with Crippen LogP contribution in [0.5, 0.6) is 0 Å². The van der Waals surface area contributed by atoms with Crippen molar-refractivity contribution in [1.82, 2.24) is 29.0 Å². The van der Waals surface area contributed by atoms with E-state index < -0.39 is 15.5 Å². The summed E-state index contributed by atoms with van der Waals surface area (Å²) in [7, 11) is -2.45. The molecule has 28 heavy (non-hydrogen) atoms. The molecule has 1 aliphatic rings. The number of hydrogen-bond acceptors (Lipinski definition) is 5. The van der Waals surface area contributed by atoms with Crippen molar-refractivity contribution in [1.29, 1.82) is 0 Å². The minimum absolute atomic E-state index is 0.00816. The highest BCUT2D eigenvalue weighted by Crippen LogP contribution is 2.34. The van der Waals surface area contributed by atoms with E-state index in [0.717, 1.165) is 22.3 Å². The summed E-state index contributed by atoms with van der Waals surface area (Å²) in [6, 6.07) is 1.92. The van der Waals surface area contributed by atoms with Crippen LogP contribution in [0, 0.1) is 6.57 Å². The van der Waals surface area contributed by atoms with Gasteiger partial charge in [0.25, 0.3) is 0 Å². The second-order valence-corrected chi connectivity index (χ2v) is 9.69. The highest BCUT2D eigenvalue weighted by atomic mass is 32.2. The predicted octanol–water partition coefficient (Wildman–Crippen LogP) is 2.17. The van der Waals surface area contributed by atoms with Gasteiger partial charge in [-0.1, -0.05) is 0 Å². The van der Waals surface area contributed by atoms with Crippen LogP contribution in [-0.2, 0) is 15.5 Å². The smallest absolute Gasteiger partial charge is 0.242 e. The second kappa shape index (κ2) is 6.68. The molecule has 1 atom stereocenters. The molecule has 0 unspecified atom stereocenters. The van der Waals surface area contributed by atoms with Crippen LogP contribution in [0.2, 0.25) is 0 Å². The van der Waals surface area contributed by atoms with E-state index in [1.807, 2.05) is 41.3 Å². The largest absolute Gasteiger partial charge is 0.346 e. The van der Waals surface area contributed by atoms with Gasteiger partial charge in [0.05, 0.1) is 17.9 Å². The first kappa shape index (κ1) is 18.6. The molecule has 3 aromatic heterocycles. The first-order valence-electron chi connectivity index (χ1n) is 8.98. The van der Waals surface area contributed by atoms with E-state index in [1.54, 1.807) is 12.5 Å². The number of hydrogen-bond donors (Lipinski definition) is 1. The average molecular weight is 398 g/mol. The number of rotatable bonds is 5. The monoisotopic (exact) mass is 398 g/mol. The zero-order chi connectivity index (χ0) is 19.9. The molecule has 1 N–H and O–H groups in total. The number of nitrogens with zero attached hydrogens (tertiary/aromatic N) is 7. The van der Waals surface area contributed by atoms with Gasteiger partial charge in [0.1, 0.15) is 21.9 Å². The average Bonchev–Trinajstić information content (AvgIpc) is 3.25. The zero-order valence-electron chi connectivity index (χ0n) is 16.0. The molecule has 1 fully saturated rings. The molecule has 146 valence electrons. The maximum atomic E-state index is 12.9. The minimum atomic E-state index is -2.45. The molecular weight excluding hydrogens is 376 g/mol. The van der Waals surface area contributed by atoms with Crippen molar-refractivity contribution in [3.05, 3.63) is 42.4 Å². The molecule has 4 rings (SSSR count). The summed E-state index contributed by atoms with van der Waals surface area (Å²) in [6.07, 6.45) is 8.67. The Kier molecular flexibility index (Phi) is 4.44. The molecule has 10 heteroatoms. The Labute approximate surface area is 163 Å². The molecule has 1 aliphatic heterocycles. The first-order valence-corrected chi connectivity index (χ1v) is 10.9. The Morgan fingerprint density at radius 2 is 2.21 bits per heavy atom. The molecule has 0 radical (unpaired) electrons. The van der Waals surface area contributed by atoms with E-state index in [0.29, 0.717) is 13.1 Å². The topological polar surface area (TPSA) is 96.4 Å². The molecule has 0 bridgehead atoms. The van der Waals surface area contributed by atoms with Gasteiger partial charge >= 0.3 is 0 Å². The fraction of sp³-hybridized carbons (Fsp3) is 0.444. The summed E-state index contributed by atoms with van der Waals surface area (Å²) in [4.78, 5) is 15.3. The van der Waals surface area contributed by atoms with Crippen molar-refractivity contribution in [2.24, 2.45) is 4.36 Å². The number of nitrogens with one attached hydrogen (secondary N) is 1. The standard InChI is InChI=1S/C18H22N8OS/c1-13(2)24-28(4,27)25-10-18(11-25,9-19-3)26-8-14(7-23-26)16-15-5-6-20-17(15)22-12-21-16/h5-8,12-13H,9-11H2,1-2,4H3,(H,20,21,22)/t28-/m1/s1. The van der Waals surface area contributed by atoms with E-state index >= 15 is 0 Å². The van der Waals surface area contributed by atoms with E-state index in [-0.39, 0.29) is 12.6 Å². The number of aromatic nitrogens is 5. The molecule has 0 spiro atoms. The van der Waals surface area contributed by atoms with Crippen molar-refractivity contribution in [3.8, 4) is 11.3 Å². The van der Waals surface area contributed by atoms with Crippen LogP contribution >= 0.6 is 0 Å². The Morgan fingerprint density at radius 3 is 2.93 bits per heavy atom. The van der Waals surface area contributed by atoms with Crippen molar-refractivity contribution in [2.75, 3.05) is 25.9 Å². The third-order valence-corrected chi connectivity index (χ3v) is 6.93. The van der Waals surface area contributed by atoms with Crippen LogP contribution in [0.25, 0.3) is 27.1 Å². The lowest BCUT2D eigenvalue weighted by Gasteiger charge is -2.46. The molecular formula is C18H22N8OS. The van der Waals surface area contributed by atoms with Crippen LogP contribution in [0.4, 0.5) is 0 Å². The zero-order valence-corrected chi connectivity index (χ0v) is 16.8. The molecule has 3 aromatic rings. The molecule has 9 nitrogen and oxygen atoms in total. The Morgan fingerprint density at radius 1 is 1.43 bits per heavy atom. The van der Waals surface area contributed by atoms with E-state index in [1.165, 1.54) is 6.33 Å². The van der Waals surface area contributed by atoms with Gasteiger partial charge in [-0.05, 0) is 19.9 Å². The molecule has 1 saturated heterocycles. The van der Waals surface area contributed by atoms with Gasteiger partial charge in [-0.15, -0.1) is 0 Å². The lowest BCUT2D eigenvalue weighted by Crippen LogP contribution is -2.65. The number of aromatic amines is 1. The van der Waals surface area contributed by atoms with E-state index in [9.17, 15) is 4.21 Å². The highest BCUT2D eigenvalue weighted by Gasteiger charge is 2.51. The fourth-order valence-corrected chi connectivity index (χ4v) is 5.45. The summed E-state index contributed by atoms with van der Waals surface area (Å²) >= 11 is 0. The van der Waals surface area contributed by atoms with Gasteiger partial charge in [-0.2, -0.15) is 5.10 Å². The quantitative estimate of drug-likeness (QED) is 0.666. The molecule has 0 aliphatic carbocycles. The molecule has 0 saturated carbocycles. The van der Waals surface area contributed by atoms with Crippen LogP contribution in [0.3, 0.4) is 0 Å². The second-order valence-electron chi connectivity index (χ2n) is 7.44. The van der Waals surface area contributed by atoms with Crippen molar-refractivity contribution >= 4 is 20.9 Å². The summed E-state index contributed by atoms with van der Waals surface area (Å²) in [5, 5.41) is 5.45. The van der Waals surface area contributed by atoms with Gasteiger partial charge in [0.2, 0.25) is 6.54 Å². The SMILES string of the molecule is [C-]#[N+]CC1(n2cc(-c3ncnc4[nH]ccc34)cn2)CN([S@](C)(=O)=NC(C)C)C1. The molecule has 0 aromatic carbocycles. The third-order valence-electron chi connectivity index (χ3n) is 4.90. The van der Waals surface area contributed by atoms with Gasteiger partial charge in [-0.25, -0.2) is 29.4 Å². The number of fused-ring (bicyclic) bond motifs is 1. The molecule has 0 amide bonds. The van der Waals surface area contributed by atoms with E-state index in [2.05, 4.69) is 29.3 Å². The third kappa shape index (κ3) is 3.06. The van der Waals surface area contributed by atoms with Crippen molar-refractivity contribution < 1.29 is 4.21 Å². The summed E-state index contributed by atoms with van der Waals surface area (Å²) in [5.41, 5.74) is 1.92. The van der Waals surface area contributed by atoms with E-state index in [4.69, 9.17) is 6.57 Å². The Bertz CT molecular complexity index is 1170. The molecule has 4 heterocycles. The van der Waals surface area contributed by atoms with Gasteiger partial charge in [0, 0.05) is 42.7 Å². The Balaban J connectivity index is 1.66. The normalized spacial score (nSPS) is 18.5. The maximum Gasteiger partial charge on any atom is 0.242 e. The minimum Gasteiger partial charge on any atom is -0.346 e. The lowest BCUT2D eigenvalue weighted by atomic mass is 9.92. The van der Waals surface area contributed by atoms with Gasteiger partial charge in [0.15, 0.2) is 5.54 Å². The maximum absolute atomic E-state index is 12.9. The van der Waals surface area contributed by atoms with Crippen molar-refractivity contribution in [3.63, 3.8) is 0 Å². The summed E-state index contributed by atoms with van der Waals surface area (Å²) in [6.45, 7) is 12.4. The van der Waals surface area contributed by atoms with Crippen LogP contribution in [-0.4, -0.2) is 65.2 Å². The summed E-state index contributed by atoms with van der Waals surface area (Å²) in [5.74, 6) is 0. The van der Waals surface area contributed by atoms with Crippen LogP contribution < -0.4 is 0 Å². The van der Waals surface area contributed by atoms with Crippen LogP contribution in [0.1, 0.15) is 13.8 Å². The summed E-state index contributed by atoms with van der Waals surface area (Å²) < 4.78 is 20.9. The Hall–Kier alpha value is -2.77. The van der Waals surface area contributed by atoms with Gasteiger partial charge < -0.3 is 9.83 Å². The first-order chi connectivity index (χ1) is 13.3. The fourth-order valence-electron chi connectivity index (χ4n) is 3.58. The van der Waals surface area contributed by atoms with Gasteiger partial charge in [-0.3, -0.25) is 4.68 Å².